The Bertz CT molecular complexity index is 1050. The van der Waals surface area contributed by atoms with E-state index in [1.54, 1.807) is 0 Å². The number of nitrogens with zero attached hydrogens (tertiary/aromatic N) is 1. The van der Waals surface area contributed by atoms with Crippen molar-refractivity contribution in [1.29, 1.82) is 0 Å². The molecular formula is C20H14ClF6N3O. The smallest absolute Gasteiger partial charge is 0.399 e. The second-order valence-electron chi connectivity index (χ2n) is 6.00. The van der Waals surface area contributed by atoms with Gasteiger partial charge in [-0.2, -0.15) is 26.3 Å². The summed E-state index contributed by atoms with van der Waals surface area (Å²) in [7, 11) is 0. The van der Waals surface area contributed by atoms with Gasteiger partial charge in [0.1, 0.15) is 5.15 Å². The lowest BCUT2D eigenvalue weighted by Crippen LogP contribution is -2.14. The number of nitrogens with two attached hydrogens (primary N) is 1. The Balaban J connectivity index is 0.000000262. The van der Waals surface area contributed by atoms with Crippen molar-refractivity contribution in [3.63, 3.8) is 0 Å². The summed E-state index contributed by atoms with van der Waals surface area (Å²) in [6.07, 6.45) is -7.36. The molecule has 0 saturated heterocycles. The average molecular weight is 462 g/mol. The van der Waals surface area contributed by atoms with Crippen LogP contribution in [0.15, 0.2) is 66.9 Å². The van der Waals surface area contributed by atoms with E-state index in [4.69, 9.17) is 17.3 Å². The minimum atomic E-state index is -4.47. The topological polar surface area (TPSA) is 68.0 Å². The van der Waals surface area contributed by atoms with Gasteiger partial charge >= 0.3 is 12.4 Å². The Labute approximate surface area is 177 Å². The zero-order valence-electron chi connectivity index (χ0n) is 15.4. The van der Waals surface area contributed by atoms with Crippen molar-refractivity contribution in [2.75, 3.05) is 11.1 Å². The van der Waals surface area contributed by atoms with Gasteiger partial charge in [0.15, 0.2) is 0 Å². The summed E-state index contributed by atoms with van der Waals surface area (Å²) in [5.41, 5.74) is 3.85. The molecule has 31 heavy (non-hydrogen) atoms. The maximum Gasteiger partial charge on any atom is 0.416 e. The highest BCUT2D eigenvalue weighted by Gasteiger charge is 2.31. The number of pyridine rings is 1. The lowest BCUT2D eigenvalue weighted by atomic mass is 10.2. The molecule has 0 saturated carbocycles. The average Bonchev–Trinajstić information content (AvgIpc) is 2.68. The molecule has 0 aliphatic heterocycles. The van der Waals surface area contributed by atoms with E-state index in [9.17, 15) is 31.1 Å². The molecule has 1 amide bonds. The normalized spacial score (nSPS) is 11.3. The molecule has 4 nitrogen and oxygen atoms in total. The van der Waals surface area contributed by atoms with Crippen molar-refractivity contribution in [2.24, 2.45) is 0 Å². The van der Waals surface area contributed by atoms with Crippen molar-refractivity contribution >= 4 is 28.9 Å². The maximum atomic E-state index is 12.5. The number of nitrogens with one attached hydrogen (secondary N) is 1. The molecule has 0 radical (unpaired) electrons. The molecule has 3 N–H and O–H groups in total. The standard InChI is InChI=1S/C13H8ClF3N2O.C7H6F3N/c14-11-10(5-2-6-18-11)12(20)19-9-4-1-3-8(7-9)13(15,16)17;8-7(9,10)5-2-1-3-6(11)4-5/h1-7H,(H,19,20);1-4H,11H2. The van der Waals surface area contributed by atoms with Gasteiger partial charge in [0.2, 0.25) is 0 Å². The highest BCUT2D eigenvalue weighted by Crippen LogP contribution is 2.31. The fraction of sp³-hybridized carbons (Fsp3) is 0.100. The number of amides is 1. The number of nitrogen functional groups attached to an aromatic ring is 1. The molecule has 0 bridgehead atoms. The monoisotopic (exact) mass is 461 g/mol. The van der Waals surface area contributed by atoms with Crippen molar-refractivity contribution < 1.29 is 31.1 Å². The van der Waals surface area contributed by atoms with Crippen LogP contribution in [0.4, 0.5) is 37.7 Å². The van der Waals surface area contributed by atoms with Gasteiger partial charge in [-0.15, -0.1) is 0 Å². The van der Waals surface area contributed by atoms with E-state index in [1.807, 2.05) is 0 Å². The van der Waals surface area contributed by atoms with Gasteiger partial charge in [-0.05, 0) is 48.5 Å². The van der Waals surface area contributed by atoms with E-state index in [1.165, 1.54) is 42.6 Å². The van der Waals surface area contributed by atoms with Crippen LogP contribution in [0.5, 0.6) is 0 Å². The van der Waals surface area contributed by atoms with E-state index >= 15 is 0 Å². The highest BCUT2D eigenvalue weighted by molar-refractivity contribution is 6.33. The zero-order chi connectivity index (χ0) is 23.2. The third-order valence-electron chi connectivity index (χ3n) is 3.67. The van der Waals surface area contributed by atoms with E-state index < -0.39 is 29.4 Å². The van der Waals surface area contributed by atoms with Crippen LogP contribution in [0.3, 0.4) is 0 Å². The minimum absolute atomic E-state index is 0.0167. The summed E-state index contributed by atoms with van der Waals surface area (Å²) in [5.74, 6) is -0.623. The zero-order valence-corrected chi connectivity index (χ0v) is 16.2. The number of benzene rings is 2. The molecule has 1 heterocycles. The fourth-order valence-electron chi connectivity index (χ4n) is 2.24. The van der Waals surface area contributed by atoms with Crippen LogP contribution >= 0.6 is 11.6 Å². The maximum absolute atomic E-state index is 12.5. The number of alkyl halides is 6. The Hall–Kier alpha value is -3.27. The van der Waals surface area contributed by atoms with Gasteiger partial charge in [0, 0.05) is 17.6 Å². The predicted molar refractivity (Wildman–Crippen MR) is 105 cm³/mol. The molecule has 11 heteroatoms. The lowest BCUT2D eigenvalue weighted by Gasteiger charge is -2.10. The van der Waals surface area contributed by atoms with Gasteiger partial charge in [-0.1, -0.05) is 23.7 Å². The van der Waals surface area contributed by atoms with Crippen molar-refractivity contribution in [3.8, 4) is 0 Å². The molecule has 0 aliphatic rings. The molecule has 0 atom stereocenters. The Kier molecular flexibility index (Phi) is 7.50. The summed E-state index contributed by atoms with van der Waals surface area (Å²) in [6.45, 7) is 0. The second-order valence-corrected chi connectivity index (χ2v) is 6.36. The molecule has 0 unspecified atom stereocenters. The van der Waals surface area contributed by atoms with Gasteiger partial charge in [0.25, 0.3) is 5.91 Å². The summed E-state index contributed by atoms with van der Waals surface area (Å²) in [5, 5.41) is 2.33. The summed E-state index contributed by atoms with van der Waals surface area (Å²) in [4.78, 5) is 15.6. The third kappa shape index (κ3) is 7.18. The first kappa shape index (κ1) is 24.0. The van der Waals surface area contributed by atoms with Crippen LogP contribution in [0.2, 0.25) is 5.15 Å². The molecular weight excluding hydrogens is 448 g/mol. The molecule has 1 aromatic heterocycles. The van der Waals surface area contributed by atoms with Gasteiger partial charge in [0.05, 0.1) is 16.7 Å². The first-order chi connectivity index (χ1) is 14.4. The third-order valence-corrected chi connectivity index (χ3v) is 3.97. The number of hydrogen-bond acceptors (Lipinski definition) is 3. The Morgan fingerprint density at radius 1 is 0.871 bits per heavy atom. The fourth-order valence-corrected chi connectivity index (χ4v) is 2.45. The number of hydrogen-bond donors (Lipinski definition) is 2. The van der Waals surface area contributed by atoms with Crippen molar-refractivity contribution in [3.05, 3.63) is 88.7 Å². The van der Waals surface area contributed by atoms with E-state index in [-0.39, 0.29) is 22.1 Å². The molecule has 0 aliphatic carbocycles. The largest absolute Gasteiger partial charge is 0.416 e. The molecule has 3 rings (SSSR count). The van der Waals surface area contributed by atoms with Crippen LogP contribution in [0.25, 0.3) is 0 Å². The number of carbonyl (C=O) groups is 1. The van der Waals surface area contributed by atoms with Crippen LogP contribution in [0, 0.1) is 0 Å². The van der Waals surface area contributed by atoms with Crippen molar-refractivity contribution in [2.45, 2.75) is 12.4 Å². The summed E-state index contributed by atoms with van der Waals surface area (Å²) < 4.78 is 73.4. The van der Waals surface area contributed by atoms with Gasteiger partial charge < -0.3 is 11.1 Å². The summed E-state index contributed by atoms with van der Waals surface area (Å²) >= 11 is 5.74. The van der Waals surface area contributed by atoms with Crippen LogP contribution in [-0.4, -0.2) is 10.9 Å². The predicted octanol–water partition coefficient (Wildman–Crippen LogP) is 6.29. The van der Waals surface area contributed by atoms with Crippen LogP contribution in [0.1, 0.15) is 21.5 Å². The number of carbonyl (C=O) groups excluding carboxylic acids is 1. The van der Waals surface area contributed by atoms with Crippen LogP contribution < -0.4 is 11.1 Å². The number of halogens is 7. The van der Waals surface area contributed by atoms with E-state index in [0.717, 1.165) is 24.3 Å². The highest BCUT2D eigenvalue weighted by atomic mass is 35.5. The quantitative estimate of drug-likeness (QED) is 0.267. The van der Waals surface area contributed by atoms with Crippen molar-refractivity contribution in [1.82, 2.24) is 4.98 Å². The Morgan fingerprint density at radius 3 is 1.97 bits per heavy atom. The number of anilines is 2. The molecule has 3 aromatic rings. The first-order valence-corrected chi connectivity index (χ1v) is 8.77. The molecule has 0 fully saturated rings. The second kappa shape index (κ2) is 9.69. The van der Waals surface area contributed by atoms with Crippen LogP contribution in [-0.2, 0) is 12.4 Å². The lowest BCUT2D eigenvalue weighted by molar-refractivity contribution is -0.138. The van der Waals surface area contributed by atoms with E-state index in [0.29, 0.717) is 0 Å². The SMILES string of the molecule is Nc1cccc(C(F)(F)F)c1.O=C(Nc1cccc(C(F)(F)F)c1)c1cccnc1Cl. The Morgan fingerprint density at radius 2 is 1.45 bits per heavy atom. The minimum Gasteiger partial charge on any atom is -0.399 e. The number of aromatic nitrogens is 1. The van der Waals surface area contributed by atoms with Gasteiger partial charge in [-0.3, -0.25) is 4.79 Å². The first-order valence-electron chi connectivity index (χ1n) is 8.40. The summed E-state index contributed by atoms with van der Waals surface area (Å²) in [6, 6.07) is 11.9. The van der Waals surface area contributed by atoms with Gasteiger partial charge in [-0.25, -0.2) is 4.98 Å². The molecule has 0 spiro atoms. The van der Waals surface area contributed by atoms with E-state index in [2.05, 4.69) is 10.3 Å². The molecule has 164 valence electrons. The number of rotatable bonds is 2. The molecule has 2 aromatic carbocycles.